The van der Waals surface area contributed by atoms with Crippen molar-refractivity contribution in [1.29, 1.82) is 0 Å². The van der Waals surface area contributed by atoms with Crippen molar-refractivity contribution in [1.82, 2.24) is 5.32 Å². The quantitative estimate of drug-likeness (QED) is 0.497. The molecular formula is C6H13NO. The van der Waals surface area contributed by atoms with Crippen LogP contribution < -0.4 is 5.32 Å². The van der Waals surface area contributed by atoms with Crippen LogP contribution in [-0.4, -0.2) is 24.8 Å². The molecule has 1 aliphatic rings. The average Bonchev–Trinajstić information content (AvgIpc) is 2.14. The van der Waals surface area contributed by atoms with Gasteiger partial charge in [0, 0.05) is 13.2 Å². The van der Waals surface area contributed by atoms with Crippen LogP contribution in [0.4, 0.5) is 0 Å². The molecule has 0 amide bonds. The lowest BCUT2D eigenvalue weighted by Crippen LogP contribution is -2.13. The van der Waals surface area contributed by atoms with E-state index in [9.17, 15) is 0 Å². The van der Waals surface area contributed by atoms with Gasteiger partial charge < -0.3 is 10.4 Å². The zero-order chi connectivity index (χ0) is 5.98. The highest BCUT2D eigenvalue weighted by atomic mass is 16.3. The average molecular weight is 115 g/mol. The van der Waals surface area contributed by atoms with Gasteiger partial charge in [0.25, 0.3) is 0 Å². The van der Waals surface area contributed by atoms with Crippen molar-refractivity contribution in [3.63, 3.8) is 0 Å². The van der Waals surface area contributed by atoms with Gasteiger partial charge in [-0.25, -0.2) is 0 Å². The molecule has 0 aromatic carbocycles. The van der Waals surface area contributed by atoms with E-state index < -0.39 is 0 Å². The van der Waals surface area contributed by atoms with Crippen LogP contribution in [-0.2, 0) is 0 Å². The van der Waals surface area contributed by atoms with Gasteiger partial charge in [0.1, 0.15) is 0 Å². The Labute approximate surface area is 49.9 Å². The van der Waals surface area contributed by atoms with E-state index in [-0.39, 0.29) is 0 Å². The van der Waals surface area contributed by atoms with E-state index in [4.69, 9.17) is 5.11 Å². The highest BCUT2D eigenvalue weighted by Gasteiger charge is 2.21. The standard InChI is InChI=1S/C6H13NO/c1-5-2-7-3-6(5)4-8/h5-8H,2-4H2,1H3/t5-,6?/m0/s1. The van der Waals surface area contributed by atoms with Crippen molar-refractivity contribution in [2.45, 2.75) is 6.92 Å². The minimum absolute atomic E-state index is 0.341. The summed E-state index contributed by atoms with van der Waals surface area (Å²) in [7, 11) is 0. The van der Waals surface area contributed by atoms with E-state index in [1.54, 1.807) is 0 Å². The van der Waals surface area contributed by atoms with Crippen LogP contribution in [0.5, 0.6) is 0 Å². The Morgan fingerprint density at radius 2 is 2.38 bits per heavy atom. The Bertz CT molecular complexity index is 74.9. The molecular weight excluding hydrogens is 102 g/mol. The Hall–Kier alpha value is -0.0800. The van der Waals surface area contributed by atoms with Crippen LogP contribution in [0.2, 0.25) is 0 Å². The topological polar surface area (TPSA) is 32.3 Å². The van der Waals surface area contributed by atoms with E-state index >= 15 is 0 Å². The van der Waals surface area contributed by atoms with Gasteiger partial charge in [-0.05, 0) is 18.4 Å². The number of aliphatic hydroxyl groups excluding tert-OH is 1. The molecule has 0 aromatic heterocycles. The van der Waals surface area contributed by atoms with Gasteiger partial charge in [-0.1, -0.05) is 6.92 Å². The molecule has 0 aromatic rings. The van der Waals surface area contributed by atoms with Crippen LogP contribution in [0.1, 0.15) is 6.92 Å². The maximum Gasteiger partial charge on any atom is 0.0474 e. The van der Waals surface area contributed by atoms with Gasteiger partial charge >= 0.3 is 0 Å². The smallest absolute Gasteiger partial charge is 0.0474 e. The summed E-state index contributed by atoms with van der Waals surface area (Å²) in [6, 6.07) is 0. The third-order valence-corrected chi connectivity index (χ3v) is 1.91. The molecule has 0 spiro atoms. The molecule has 1 saturated heterocycles. The fourth-order valence-electron chi connectivity index (χ4n) is 1.11. The van der Waals surface area contributed by atoms with Crippen molar-refractivity contribution < 1.29 is 5.11 Å². The first-order valence-corrected chi connectivity index (χ1v) is 3.16. The molecule has 0 saturated carbocycles. The highest BCUT2D eigenvalue weighted by Crippen LogP contribution is 2.13. The molecule has 2 N–H and O–H groups in total. The SMILES string of the molecule is C[C@H]1CNCC1CO. The normalized spacial score (nSPS) is 38.2. The van der Waals surface area contributed by atoms with Gasteiger partial charge in [0.2, 0.25) is 0 Å². The highest BCUT2D eigenvalue weighted by molar-refractivity contribution is 4.76. The summed E-state index contributed by atoms with van der Waals surface area (Å²) in [5, 5.41) is 11.9. The van der Waals surface area contributed by atoms with E-state index in [2.05, 4.69) is 12.2 Å². The van der Waals surface area contributed by atoms with E-state index in [1.165, 1.54) is 0 Å². The second kappa shape index (κ2) is 2.46. The predicted molar refractivity (Wildman–Crippen MR) is 32.6 cm³/mol. The summed E-state index contributed by atoms with van der Waals surface area (Å²) in [6.07, 6.45) is 0. The van der Waals surface area contributed by atoms with Gasteiger partial charge in [-0.3, -0.25) is 0 Å². The fourth-order valence-corrected chi connectivity index (χ4v) is 1.11. The molecule has 1 unspecified atom stereocenters. The van der Waals surface area contributed by atoms with Crippen molar-refractivity contribution in [2.24, 2.45) is 11.8 Å². The summed E-state index contributed by atoms with van der Waals surface area (Å²) >= 11 is 0. The van der Waals surface area contributed by atoms with Crippen molar-refractivity contribution >= 4 is 0 Å². The second-order valence-electron chi connectivity index (χ2n) is 2.58. The van der Waals surface area contributed by atoms with Crippen LogP contribution >= 0.6 is 0 Å². The molecule has 48 valence electrons. The lowest BCUT2D eigenvalue weighted by Gasteiger charge is -2.07. The minimum atomic E-state index is 0.341. The zero-order valence-electron chi connectivity index (χ0n) is 5.22. The summed E-state index contributed by atoms with van der Waals surface area (Å²) < 4.78 is 0. The van der Waals surface area contributed by atoms with E-state index in [0.29, 0.717) is 18.4 Å². The van der Waals surface area contributed by atoms with Gasteiger partial charge in [0.05, 0.1) is 0 Å². The Morgan fingerprint density at radius 3 is 2.62 bits per heavy atom. The number of nitrogens with one attached hydrogen (secondary N) is 1. The molecule has 0 aliphatic carbocycles. The summed E-state index contributed by atoms with van der Waals surface area (Å²) in [6.45, 7) is 4.58. The molecule has 0 bridgehead atoms. The second-order valence-corrected chi connectivity index (χ2v) is 2.58. The number of hydrogen-bond acceptors (Lipinski definition) is 2. The van der Waals surface area contributed by atoms with Crippen LogP contribution in [0.15, 0.2) is 0 Å². The van der Waals surface area contributed by atoms with Crippen LogP contribution in [0, 0.1) is 11.8 Å². The number of hydrogen-bond donors (Lipinski definition) is 2. The van der Waals surface area contributed by atoms with E-state index in [1.807, 2.05) is 0 Å². The summed E-state index contributed by atoms with van der Waals surface area (Å²) in [4.78, 5) is 0. The van der Waals surface area contributed by atoms with Gasteiger partial charge in [0.15, 0.2) is 0 Å². The molecule has 2 nitrogen and oxygen atoms in total. The Kier molecular flexibility index (Phi) is 1.86. The fraction of sp³-hybridized carbons (Fsp3) is 1.00. The number of aliphatic hydroxyl groups is 1. The van der Waals surface area contributed by atoms with Crippen molar-refractivity contribution in [3.05, 3.63) is 0 Å². The van der Waals surface area contributed by atoms with Crippen molar-refractivity contribution in [3.8, 4) is 0 Å². The first-order valence-electron chi connectivity index (χ1n) is 3.16. The molecule has 1 aliphatic heterocycles. The van der Waals surface area contributed by atoms with Crippen LogP contribution in [0.25, 0.3) is 0 Å². The van der Waals surface area contributed by atoms with Crippen molar-refractivity contribution in [2.75, 3.05) is 19.7 Å². The Morgan fingerprint density at radius 1 is 1.62 bits per heavy atom. The molecule has 0 radical (unpaired) electrons. The largest absolute Gasteiger partial charge is 0.396 e. The molecule has 1 rings (SSSR count). The first-order chi connectivity index (χ1) is 3.84. The third kappa shape index (κ3) is 1.01. The number of rotatable bonds is 1. The van der Waals surface area contributed by atoms with Gasteiger partial charge in [-0.2, -0.15) is 0 Å². The molecule has 8 heavy (non-hydrogen) atoms. The maximum atomic E-state index is 8.70. The monoisotopic (exact) mass is 115 g/mol. The minimum Gasteiger partial charge on any atom is -0.396 e. The summed E-state index contributed by atoms with van der Waals surface area (Å²) in [5.41, 5.74) is 0. The maximum absolute atomic E-state index is 8.70. The lowest BCUT2D eigenvalue weighted by molar-refractivity contribution is 0.212. The van der Waals surface area contributed by atoms with Gasteiger partial charge in [-0.15, -0.1) is 0 Å². The zero-order valence-corrected chi connectivity index (χ0v) is 5.22. The van der Waals surface area contributed by atoms with E-state index in [0.717, 1.165) is 13.1 Å². The molecule has 2 heteroatoms. The lowest BCUT2D eigenvalue weighted by atomic mass is 10.00. The third-order valence-electron chi connectivity index (χ3n) is 1.91. The molecule has 1 heterocycles. The Balaban J connectivity index is 2.30. The summed E-state index contributed by atoms with van der Waals surface area (Å²) in [5.74, 6) is 1.18. The molecule has 1 fully saturated rings. The predicted octanol–water partition coefficient (Wildman–Crippen LogP) is -0.166. The molecule has 2 atom stereocenters. The van der Waals surface area contributed by atoms with Crippen LogP contribution in [0.3, 0.4) is 0 Å². The first kappa shape index (κ1) is 6.05.